The second-order valence-corrected chi connectivity index (χ2v) is 7.14. The van der Waals surface area contributed by atoms with Crippen molar-refractivity contribution in [1.82, 2.24) is 10.2 Å². The number of hydrogen-bond acceptors (Lipinski definition) is 3. The lowest BCUT2D eigenvalue weighted by Gasteiger charge is -2.18. The van der Waals surface area contributed by atoms with Crippen LogP contribution in [0.4, 0.5) is 0 Å². The van der Waals surface area contributed by atoms with E-state index in [0.29, 0.717) is 6.42 Å². The van der Waals surface area contributed by atoms with E-state index >= 15 is 0 Å². The summed E-state index contributed by atoms with van der Waals surface area (Å²) in [5, 5.41) is 7.21. The second kappa shape index (κ2) is 6.92. The lowest BCUT2D eigenvalue weighted by molar-refractivity contribution is 0.102. The standard InChI is InChI=1S/C21H17BrN2O2/c1-26-18-8-9-19-14(11-18)2-3-15(21(19)25)10-16-12-23-24-20(16)13-4-6-17(22)7-5-13/h4-12H,2-3H2,1H3,(H,23,24)/b15-10+. The molecule has 0 radical (unpaired) electrons. The maximum Gasteiger partial charge on any atom is 0.189 e. The van der Waals surface area contributed by atoms with Crippen molar-refractivity contribution in [1.29, 1.82) is 0 Å². The lowest BCUT2D eigenvalue weighted by atomic mass is 9.86. The fourth-order valence-electron chi connectivity index (χ4n) is 3.26. The molecule has 0 unspecified atom stereocenters. The second-order valence-electron chi connectivity index (χ2n) is 6.23. The topological polar surface area (TPSA) is 55.0 Å². The normalized spacial score (nSPS) is 15.2. The molecule has 0 saturated carbocycles. The van der Waals surface area contributed by atoms with Gasteiger partial charge in [-0.15, -0.1) is 0 Å². The Bertz CT molecular complexity index is 1000. The first kappa shape index (κ1) is 16.8. The zero-order valence-corrected chi connectivity index (χ0v) is 15.8. The minimum absolute atomic E-state index is 0.0804. The Balaban J connectivity index is 1.69. The molecule has 2 aromatic carbocycles. The highest BCUT2D eigenvalue weighted by atomic mass is 79.9. The minimum Gasteiger partial charge on any atom is -0.497 e. The first-order valence-corrected chi connectivity index (χ1v) is 9.16. The van der Waals surface area contributed by atoms with Crippen molar-refractivity contribution in [3.8, 4) is 17.0 Å². The fourth-order valence-corrected chi connectivity index (χ4v) is 3.52. The van der Waals surface area contributed by atoms with Crippen LogP contribution >= 0.6 is 15.9 Å². The van der Waals surface area contributed by atoms with E-state index in [1.54, 1.807) is 13.3 Å². The molecule has 0 spiro atoms. The van der Waals surface area contributed by atoms with Crippen molar-refractivity contribution >= 4 is 27.8 Å². The highest BCUT2D eigenvalue weighted by Crippen LogP contribution is 2.31. The van der Waals surface area contributed by atoms with Crippen LogP contribution in [0.5, 0.6) is 5.75 Å². The van der Waals surface area contributed by atoms with Gasteiger partial charge in [0.25, 0.3) is 0 Å². The summed E-state index contributed by atoms with van der Waals surface area (Å²) in [6, 6.07) is 13.7. The Hall–Kier alpha value is -2.66. The van der Waals surface area contributed by atoms with E-state index in [4.69, 9.17) is 4.74 Å². The number of carbonyl (C=O) groups excluding carboxylic acids is 1. The van der Waals surface area contributed by atoms with E-state index in [1.807, 2.05) is 48.5 Å². The van der Waals surface area contributed by atoms with E-state index in [-0.39, 0.29) is 5.78 Å². The molecule has 4 nitrogen and oxygen atoms in total. The van der Waals surface area contributed by atoms with Gasteiger partial charge in [0.1, 0.15) is 5.75 Å². The SMILES string of the molecule is COc1ccc2c(c1)CC/C(=C\c1cn[nH]c1-c1ccc(Br)cc1)C2=O. The van der Waals surface area contributed by atoms with Crippen molar-refractivity contribution in [3.63, 3.8) is 0 Å². The largest absolute Gasteiger partial charge is 0.497 e. The highest BCUT2D eigenvalue weighted by Gasteiger charge is 2.23. The summed E-state index contributed by atoms with van der Waals surface area (Å²) in [6.45, 7) is 0. The molecule has 26 heavy (non-hydrogen) atoms. The molecule has 0 fully saturated rings. The molecule has 0 atom stereocenters. The average molecular weight is 409 g/mol. The predicted octanol–water partition coefficient (Wildman–Crippen LogP) is 5.06. The smallest absolute Gasteiger partial charge is 0.189 e. The maximum atomic E-state index is 12.9. The van der Waals surface area contributed by atoms with Crippen molar-refractivity contribution in [2.24, 2.45) is 0 Å². The van der Waals surface area contributed by atoms with Gasteiger partial charge in [0.2, 0.25) is 0 Å². The Morgan fingerprint density at radius 3 is 2.73 bits per heavy atom. The summed E-state index contributed by atoms with van der Waals surface area (Å²) in [6.07, 6.45) is 5.26. The van der Waals surface area contributed by atoms with E-state index < -0.39 is 0 Å². The molecule has 3 aromatic rings. The van der Waals surface area contributed by atoms with Crippen LogP contribution in [0.25, 0.3) is 17.3 Å². The number of aryl methyl sites for hydroxylation is 1. The summed E-state index contributed by atoms with van der Waals surface area (Å²) in [4.78, 5) is 12.9. The van der Waals surface area contributed by atoms with Crippen LogP contribution in [0.3, 0.4) is 0 Å². The van der Waals surface area contributed by atoms with Crippen LogP contribution in [-0.2, 0) is 6.42 Å². The zero-order valence-electron chi connectivity index (χ0n) is 14.3. The monoisotopic (exact) mass is 408 g/mol. The Morgan fingerprint density at radius 1 is 1.15 bits per heavy atom. The van der Waals surface area contributed by atoms with Crippen molar-refractivity contribution in [2.45, 2.75) is 12.8 Å². The third-order valence-electron chi connectivity index (χ3n) is 4.64. The Morgan fingerprint density at radius 2 is 1.96 bits per heavy atom. The van der Waals surface area contributed by atoms with Gasteiger partial charge >= 0.3 is 0 Å². The number of carbonyl (C=O) groups is 1. The summed E-state index contributed by atoms with van der Waals surface area (Å²) in [5.74, 6) is 0.869. The molecule has 4 rings (SSSR count). The molecule has 5 heteroatoms. The van der Waals surface area contributed by atoms with Gasteiger partial charge in [-0.3, -0.25) is 9.89 Å². The number of fused-ring (bicyclic) bond motifs is 1. The van der Waals surface area contributed by atoms with Crippen LogP contribution in [0.2, 0.25) is 0 Å². The summed E-state index contributed by atoms with van der Waals surface area (Å²) < 4.78 is 6.28. The number of methoxy groups -OCH3 is 1. The van der Waals surface area contributed by atoms with Crippen LogP contribution < -0.4 is 4.74 Å². The van der Waals surface area contributed by atoms with Crippen LogP contribution in [0.15, 0.2) is 58.7 Å². The molecule has 1 N–H and O–H groups in total. The van der Waals surface area contributed by atoms with E-state index in [9.17, 15) is 4.79 Å². The van der Waals surface area contributed by atoms with Gasteiger partial charge in [-0.1, -0.05) is 28.1 Å². The minimum atomic E-state index is 0.0804. The number of nitrogens with one attached hydrogen (secondary N) is 1. The number of hydrogen-bond donors (Lipinski definition) is 1. The van der Waals surface area contributed by atoms with E-state index in [2.05, 4.69) is 26.1 Å². The number of nitrogens with zero attached hydrogens (tertiary/aromatic N) is 1. The van der Waals surface area contributed by atoms with Crippen LogP contribution in [-0.4, -0.2) is 23.1 Å². The van der Waals surface area contributed by atoms with Gasteiger partial charge in [-0.25, -0.2) is 0 Å². The predicted molar refractivity (Wildman–Crippen MR) is 105 cm³/mol. The lowest BCUT2D eigenvalue weighted by Crippen LogP contribution is -2.14. The number of ketones is 1. The van der Waals surface area contributed by atoms with Crippen molar-refractivity contribution in [3.05, 3.63) is 75.4 Å². The van der Waals surface area contributed by atoms with Crippen LogP contribution in [0, 0.1) is 0 Å². The molecule has 0 aliphatic heterocycles. The Labute approximate surface area is 160 Å². The highest BCUT2D eigenvalue weighted by molar-refractivity contribution is 9.10. The van der Waals surface area contributed by atoms with Gasteiger partial charge in [0.15, 0.2) is 5.78 Å². The number of ether oxygens (including phenoxy) is 1. The van der Waals surface area contributed by atoms with Gasteiger partial charge in [0, 0.05) is 26.7 Å². The molecule has 130 valence electrons. The number of benzene rings is 2. The molecule has 0 amide bonds. The first-order valence-electron chi connectivity index (χ1n) is 8.37. The molecule has 0 saturated heterocycles. The van der Waals surface area contributed by atoms with Gasteiger partial charge in [-0.2, -0.15) is 5.10 Å². The number of Topliss-reactive ketones (excluding diaryl/α,β-unsaturated/α-hetero) is 1. The van der Waals surface area contributed by atoms with Crippen molar-refractivity contribution < 1.29 is 9.53 Å². The van der Waals surface area contributed by atoms with Crippen molar-refractivity contribution in [2.75, 3.05) is 7.11 Å². The van der Waals surface area contributed by atoms with Gasteiger partial charge < -0.3 is 4.74 Å². The zero-order chi connectivity index (χ0) is 18.1. The molecular formula is C21H17BrN2O2. The fraction of sp³-hybridized carbons (Fsp3) is 0.143. The first-order chi connectivity index (χ1) is 12.7. The molecule has 1 heterocycles. The molecule has 1 aliphatic rings. The molecule has 1 aromatic heterocycles. The molecule has 0 bridgehead atoms. The summed E-state index contributed by atoms with van der Waals surface area (Å²) in [5.41, 5.74) is 5.49. The van der Waals surface area contributed by atoms with Gasteiger partial charge in [-0.05, 0) is 54.8 Å². The molecular weight excluding hydrogens is 392 g/mol. The maximum absolute atomic E-state index is 12.9. The number of halogens is 1. The number of rotatable bonds is 3. The number of aromatic amines is 1. The number of allylic oxidation sites excluding steroid dienone is 1. The van der Waals surface area contributed by atoms with Gasteiger partial charge in [0.05, 0.1) is 19.0 Å². The number of aromatic nitrogens is 2. The third kappa shape index (κ3) is 3.10. The average Bonchev–Trinajstić information content (AvgIpc) is 3.12. The third-order valence-corrected chi connectivity index (χ3v) is 5.17. The summed E-state index contributed by atoms with van der Waals surface area (Å²) in [7, 11) is 1.64. The molecule has 1 aliphatic carbocycles. The summed E-state index contributed by atoms with van der Waals surface area (Å²) >= 11 is 3.45. The van der Waals surface area contributed by atoms with E-state index in [0.717, 1.165) is 50.2 Å². The quantitative estimate of drug-likeness (QED) is 0.616. The number of H-pyrrole nitrogens is 1. The van der Waals surface area contributed by atoms with E-state index in [1.165, 1.54) is 0 Å². The Kier molecular flexibility index (Phi) is 4.47. The van der Waals surface area contributed by atoms with Crippen LogP contribution in [0.1, 0.15) is 27.9 Å².